The summed E-state index contributed by atoms with van der Waals surface area (Å²) in [4.78, 5) is 36.5. The highest BCUT2D eigenvalue weighted by molar-refractivity contribution is 5.80. The molecule has 0 aromatic heterocycles. The van der Waals surface area contributed by atoms with Gasteiger partial charge in [0.05, 0.1) is 30.0 Å². The number of likely N-dealkylation sites (tertiary alicyclic amines) is 2. The number of nitrogen functional groups attached to an aromatic ring is 1. The van der Waals surface area contributed by atoms with Gasteiger partial charge in [-0.25, -0.2) is 0 Å². The Morgan fingerprint density at radius 3 is 1.81 bits per heavy atom. The van der Waals surface area contributed by atoms with Crippen LogP contribution in [0.2, 0.25) is 0 Å². The number of β-amino-alcohol motifs (C(OH)–C–C–N with tert-alkyl or cyclic N) is 2. The van der Waals surface area contributed by atoms with Crippen LogP contribution in [0.25, 0.3) is 0 Å². The number of nitro groups is 1. The van der Waals surface area contributed by atoms with Crippen LogP contribution in [0.1, 0.15) is 11.1 Å². The quantitative estimate of drug-likeness (QED) is 0.343. The molecule has 0 bridgehead atoms. The summed E-state index contributed by atoms with van der Waals surface area (Å²) in [5.74, 6) is -0.0679. The van der Waals surface area contributed by atoms with E-state index in [1.54, 1.807) is 29.2 Å². The largest absolute Gasteiger partial charge is 0.399 e. The number of carbonyl (C=O) groups is 2. The minimum absolute atomic E-state index is 0.0149. The van der Waals surface area contributed by atoms with Crippen molar-refractivity contribution in [3.05, 3.63) is 69.8 Å². The highest BCUT2D eigenvalue weighted by atomic mass is 16.6. The van der Waals surface area contributed by atoms with Gasteiger partial charge in [0.25, 0.3) is 5.69 Å². The van der Waals surface area contributed by atoms with Gasteiger partial charge in [-0.15, -0.1) is 0 Å². The second kappa shape index (κ2) is 10.2. The van der Waals surface area contributed by atoms with E-state index >= 15 is 0 Å². The van der Waals surface area contributed by atoms with E-state index in [-0.39, 0.29) is 30.0 Å². The zero-order valence-corrected chi connectivity index (χ0v) is 17.5. The lowest BCUT2D eigenvalue weighted by molar-refractivity contribution is -0.384. The second-order valence-corrected chi connectivity index (χ2v) is 7.93. The van der Waals surface area contributed by atoms with Gasteiger partial charge in [0.15, 0.2) is 0 Å². The Bertz CT molecular complexity index is 986. The molecule has 0 atom stereocenters. The number of hydrogen-bond acceptors (Lipinski definition) is 7. The van der Waals surface area contributed by atoms with Crippen molar-refractivity contribution in [2.75, 3.05) is 31.9 Å². The molecule has 10 heteroatoms. The van der Waals surface area contributed by atoms with E-state index in [2.05, 4.69) is 0 Å². The molecule has 2 amide bonds. The van der Waals surface area contributed by atoms with Crippen molar-refractivity contribution in [3.8, 4) is 0 Å². The fourth-order valence-corrected chi connectivity index (χ4v) is 3.37. The van der Waals surface area contributed by atoms with Crippen LogP contribution in [0.15, 0.2) is 48.5 Å². The van der Waals surface area contributed by atoms with Crippen molar-refractivity contribution < 1.29 is 24.7 Å². The van der Waals surface area contributed by atoms with Crippen molar-refractivity contribution in [1.82, 2.24) is 9.80 Å². The standard InChI is InChI=1S/C11H12N2O4.C11H14N2O2/c14-10-6-12(7-10)11(15)5-8-2-1-3-9(4-8)13(16)17;12-9-3-1-2-8(4-9)5-11(15)13-6-10(14)7-13/h1-4,10,14H,5-7H2;1-4,10,14H,5-7,12H2. The molecule has 4 rings (SSSR count). The summed E-state index contributed by atoms with van der Waals surface area (Å²) in [5.41, 5.74) is 7.80. The Labute approximate surface area is 185 Å². The smallest absolute Gasteiger partial charge is 0.269 e. The minimum Gasteiger partial charge on any atom is -0.399 e. The molecule has 32 heavy (non-hydrogen) atoms. The number of amides is 2. The number of benzene rings is 2. The monoisotopic (exact) mass is 442 g/mol. The van der Waals surface area contributed by atoms with Crippen molar-refractivity contribution in [3.63, 3.8) is 0 Å². The van der Waals surface area contributed by atoms with Crippen LogP contribution < -0.4 is 5.73 Å². The zero-order valence-electron chi connectivity index (χ0n) is 17.5. The third-order valence-electron chi connectivity index (χ3n) is 5.21. The summed E-state index contributed by atoms with van der Waals surface area (Å²) in [7, 11) is 0. The molecule has 2 saturated heterocycles. The number of rotatable bonds is 5. The highest BCUT2D eigenvalue weighted by Crippen LogP contribution is 2.16. The number of hydrogen-bond donors (Lipinski definition) is 3. The Morgan fingerprint density at radius 2 is 1.38 bits per heavy atom. The molecule has 0 aliphatic carbocycles. The molecule has 0 saturated carbocycles. The van der Waals surface area contributed by atoms with E-state index in [0.717, 1.165) is 5.56 Å². The van der Waals surface area contributed by atoms with Gasteiger partial charge in [-0.05, 0) is 23.3 Å². The summed E-state index contributed by atoms with van der Waals surface area (Å²) in [6, 6.07) is 13.3. The number of aliphatic hydroxyl groups excluding tert-OH is 2. The summed E-state index contributed by atoms with van der Waals surface area (Å²) >= 11 is 0. The zero-order chi connectivity index (χ0) is 23.3. The van der Waals surface area contributed by atoms with Crippen LogP contribution in [-0.2, 0) is 22.4 Å². The predicted molar refractivity (Wildman–Crippen MR) is 117 cm³/mol. The topological polar surface area (TPSA) is 150 Å². The van der Waals surface area contributed by atoms with Crippen molar-refractivity contribution >= 4 is 23.2 Å². The number of nitrogens with two attached hydrogens (primary N) is 1. The lowest BCUT2D eigenvalue weighted by Crippen LogP contribution is -2.53. The van der Waals surface area contributed by atoms with Gasteiger partial charge in [0.2, 0.25) is 11.8 Å². The number of nitrogens with zero attached hydrogens (tertiary/aromatic N) is 3. The maximum atomic E-state index is 11.7. The summed E-state index contributed by atoms with van der Waals surface area (Å²) in [6.07, 6.45) is -0.273. The van der Waals surface area contributed by atoms with Gasteiger partial charge in [0.1, 0.15) is 0 Å². The molecule has 2 aliphatic heterocycles. The molecule has 0 unspecified atom stereocenters. The first-order chi connectivity index (χ1) is 15.2. The van der Waals surface area contributed by atoms with Crippen molar-refractivity contribution in [2.24, 2.45) is 0 Å². The van der Waals surface area contributed by atoms with Crippen LogP contribution in [0.5, 0.6) is 0 Å². The number of aliphatic hydroxyl groups is 2. The predicted octanol–water partition coefficient (Wildman–Crippen LogP) is 0.355. The van der Waals surface area contributed by atoms with E-state index in [4.69, 9.17) is 15.9 Å². The van der Waals surface area contributed by atoms with Gasteiger partial charge in [-0.2, -0.15) is 0 Å². The molecule has 0 spiro atoms. The maximum absolute atomic E-state index is 11.7. The number of anilines is 1. The molecule has 2 aromatic rings. The first kappa shape index (κ1) is 23.2. The molecule has 2 aromatic carbocycles. The van der Waals surface area contributed by atoms with Crippen LogP contribution in [0, 0.1) is 10.1 Å². The molecule has 0 radical (unpaired) electrons. The minimum atomic E-state index is -0.485. The molecule has 2 heterocycles. The molecule has 10 nitrogen and oxygen atoms in total. The Kier molecular flexibility index (Phi) is 7.39. The Balaban J connectivity index is 0.000000182. The number of carbonyl (C=O) groups excluding carboxylic acids is 2. The molecular weight excluding hydrogens is 416 g/mol. The van der Waals surface area contributed by atoms with Crippen LogP contribution >= 0.6 is 0 Å². The lowest BCUT2D eigenvalue weighted by atomic mass is 10.1. The summed E-state index contributed by atoms with van der Waals surface area (Å²) in [5, 5.41) is 28.7. The molecule has 4 N–H and O–H groups in total. The lowest BCUT2D eigenvalue weighted by Gasteiger charge is -2.35. The SMILES string of the molecule is Nc1cccc(CC(=O)N2CC(O)C2)c1.O=C(Cc1cccc([N+](=O)[O-])c1)N1CC(O)C1. The van der Waals surface area contributed by atoms with E-state index in [1.165, 1.54) is 17.0 Å². The number of nitro benzene ring substituents is 1. The van der Waals surface area contributed by atoms with Crippen LogP contribution in [0.4, 0.5) is 11.4 Å². The van der Waals surface area contributed by atoms with Crippen molar-refractivity contribution in [2.45, 2.75) is 25.0 Å². The number of non-ortho nitro benzene ring substituents is 1. The average Bonchev–Trinajstić information content (AvgIpc) is 2.69. The van der Waals surface area contributed by atoms with Crippen molar-refractivity contribution in [1.29, 1.82) is 0 Å². The van der Waals surface area contributed by atoms with E-state index in [0.29, 0.717) is 43.9 Å². The van der Waals surface area contributed by atoms with Crippen LogP contribution in [0.3, 0.4) is 0 Å². The normalized spacial score (nSPS) is 15.8. The highest BCUT2D eigenvalue weighted by Gasteiger charge is 2.29. The Morgan fingerprint density at radius 1 is 0.906 bits per heavy atom. The second-order valence-electron chi connectivity index (χ2n) is 7.93. The van der Waals surface area contributed by atoms with Gasteiger partial charge in [-0.3, -0.25) is 19.7 Å². The van der Waals surface area contributed by atoms with E-state index < -0.39 is 11.0 Å². The molecule has 2 aliphatic rings. The van der Waals surface area contributed by atoms with Gasteiger partial charge >= 0.3 is 0 Å². The van der Waals surface area contributed by atoms with Gasteiger partial charge in [-0.1, -0.05) is 24.3 Å². The third kappa shape index (κ3) is 6.25. The summed E-state index contributed by atoms with van der Waals surface area (Å²) < 4.78 is 0. The maximum Gasteiger partial charge on any atom is 0.269 e. The fourth-order valence-electron chi connectivity index (χ4n) is 3.37. The first-order valence-electron chi connectivity index (χ1n) is 10.2. The third-order valence-corrected chi connectivity index (χ3v) is 5.21. The molecule has 2 fully saturated rings. The van der Waals surface area contributed by atoms with E-state index in [9.17, 15) is 19.7 Å². The summed E-state index contributed by atoms with van der Waals surface area (Å²) in [6.45, 7) is 1.63. The van der Waals surface area contributed by atoms with Gasteiger partial charge in [0, 0.05) is 44.0 Å². The Hall–Kier alpha value is -3.50. The van der Waals surface area contributed by atoms with Crippen LogP contribution in [-0.4, -0.2) is 75.1 Å². The van der Waals surface area contributed by atoms with Gasteiger partial charge < -0.3 is 25.7 Å². The average molecular weight is 442 g/mol. The first-order valence-corrected chi connectivity index (χ1v) is 10.2. The molecule has 170 valence electrons. The van der Waals surface area contributed by atoms with E-state index in [1.807, 2.05) is 12.1 Å². The molecular formula is C22H26N4O6. The fraction of sp³-hybridized carbons (Fsp3) is 0.364.